The standard InChI is InChI=1S/C18H26N2/c1-2-12-20(11-1)17-7-3-15(4-8-17)13-19-14-18(9-10-18)16-5-6-16/h3-4,7-8,16,19H,1-2,5-6,9-14H2. The Kier molecular flexibility index (Phi) is 3.22. The molecule has 1 N–H and O–H groups in total. The normalized spacial score (nSPS) is 24.1. The van der Waals surface area contributed by atoms with E-state index in [1.54, 1.807) is 0 Å². The maximum Gasteiger partial charge on any atom is 0.0366 e. The van der Waals surface area contributed by atoms with Crippen LogP contribution in [0, 0.1) is 11.3 Å². The van der Waals surface area contributed by atoms with Gasteiger partial charge in [-0.2, -0.15) is 0 Å². The van der Waals surface area contributed by atoms with Crippen molar-refractivity contribution in [3.63, 3.8) is 0 Å². The van der Waals surface area contributed by atoms with E-state index in [9.17, 15) is 0 Å². The van der Waals surface area contributed by atoms with Gasteiger partial charge in [0, 0.05) is 31.9 Å². The van der Waals surface area contributed by atoms with Crippen molar-refractivity contribution in [3.05, 3.63) is 29.8 Å². The van der Waals surface area contributed by atoms with Crippen LogP contribution in [0.3, 0.4) is 0 Å². The zero-order valence-electron chi connectivity index (χ0n) is 12.4. The summed E-state index contributed by atoms with van der Waals surface area (Å²) in [5, 5.41) is 3.70. The van der Waals surface area contributed by atoms with Crippen LogP contribution in [0.15, 0.2) is 24.3 Å². The predicted octanol–water partition coefficient (Wildman–Crippen LogP) is 3.57. The van der Waals surface area contributed by atoms with Gasteiger partial charge < -0.3 is 10.2 Å². The van der Waals surface area contributed by atoms with Gasteiger partial charge in [-0.25, -0.2) is 0 Å². The molecule has 2 saturated carbocycles. The number of hydrogen-bond donors (Lipinski definition) is 1. The third-order valence-corrected chi connectivity index (χ3v) is 5.55. The number of hydrogen-bond acceptors (Lipinski definition) is 2. The second-order valence-electron chi connectivity index (χ2n) is 7.10. The van der Waals surface area contributed by atoms with Crippen molar-refractivity contribution in [1.82, 2.24) is 5.32 Å². The highest BCUT2D eigenvalue weighted by Crippen LogP contribution is 2.60. The number of rotatable bonds is 6. The van der Waals surface area contributed by atoms with E-state index in [2.05, 4.69) is 34.5 Å². The summed E-state index contributed by atoms with van der Waals surface area (Å²) in [5.41, 5.74) is 3.55. The van der Waals surface area contributed by atoms with E-state index in [0.717, 1.165) is 17.9 Å². The summed E-state index contributed by atoms with van der Waals surface area (Å²) in [6, 6.07) is 9.21. The van der Waals surface area contributed by atoms with Gasteiger partial charge in [0.15, 0.2) is 0 Å². The van der Waals surface area contributed by atoms with Gasteiger partial charge in [0.2, 0.25) is 0 Å². The van der Waals surface area contributed by atoms with E-state index >= 15 is 0 Å². The fourth-order valence-corrected chi connectivity index (χ4v) is 3.84. The van der Waals surface area contributed by atoms with Crippen molar-refractivity contribution in [1.29, 1.82) is 0 Å². The molecule has 0 unspecified atom stereocenters. The summed E-state index contributed by atoms with van der Waals surface area (Å²) in [6.07, 6.45) is 8.63. The van der Waals surface area contributed by atoms with E-state index < -0.39 is 0 Å². The lowest BCUT2D eigenvalue weighted by Crippen LogP contribution is -2.25. The van der Waals surface area contributed by atoms with Gasteiger partial charge in [-0.3, -0.25) is 0 Å². The van der Waals surface area contributed by atoms with Crippen molar-refractivity contribution >= 4 is 5.69 Å². The van der Waals surface area contributed by atoms with E-state index in [-0.39, 0.29) is 0 Å². The molecule has 0 atom stereocenters. The quantitative estimate of drug-likeness (QED) is 0.850. The molecule has 0 radical (unpaired) electrons. The van der Waals surface area contributed by atoms with Crippen molar-refractivity contribution < 1.29 is 0 Å². The van der Waals surface area contributed by atoms with Crippen LogP contribution in [-0.4, -0.2) is 19.6 Å². The molecule has 2 nitrogen and oxygen atoms in total. The smallest absolute Gasteiger partial charge is 0.0366 e. The Hall–Kier alpha value is -1.02. The minimum atomic E-state index is 0.718. The zero-order valence-corrected chi connectivity index (χ0v) is 12.4. The fraction of sp³-hybridized carbons (Fsp3) is 0.667. The molecule has 1 heterocycles. The number of nitrogens with one attached hydrogen (secondary N) is 1. The van der Waals surface area contributed by atoms with Gasteiger partial charge in [-0.1, -0.05) is 12.1 Å². The summed E-state index contributed by atoms with van der Waals surface area (Å²) in [6.45, 7) is 4.75. The van der Waals surface area contributed by atoms with Crippen LogP contribution in [0.4, 0.5) is 5.69 Å². The van der Waals surface area contributed by atoms with Gasteiger partial charge in [-0.05, 0) is 67.6 Å². The Balaban J connectivity index is 1.28. The number of anilines is 1. The van der Waals surface area contributed by atoms with Gasteiger partial charge in [-0.15, -0.1) is 0 Å². The molecule has 4 rings (SSSR count). The van der Waals surface area contributed by atoms with Crippen molar-refractivity contribution in [2.75, 3.05) is 24.5 Å². The highest BCUT2D eigenvalue weighted by molar-refractivity contribution is 5.48. The monoisotopic (exact) mass is 270 g/mol. The van der Waals surface area contributed by atoms with E-state index in [1.807, 2.05) is 0 Å². The van der Waals surface area contributed by atoms with Gasteiger partial charge >= 0.3 is 0 Å². The van der Waals surface area contributed by atoms with Crippen molar-refractivity contribution in [2.45, 2.75) is 45.1 Å². The van der Waals surface area contributed by atoms with Crippen molar-refractivity contribution in [3.8, 4) is 0 Å². The molecule has 3 aliphatic rings. The Bertz CT molecular complexity index is 451. The molecule has 0 bridgehead atoms. The first-order valence-corrected chi connectivity index (χ1v) is 8.40. The Morgan fingerprint density at radius 3 is 2.35 bits per heavy atom. The molecule has 1 aromatic rings. The minimum Gasteiger partial charge on any atom is -0.372 e. The molecule has 0 aromatic heterocycles. The van der Waals surface area contributed by atoms with E-state index in [4.69, 9.17) is 0 Å². The molecule has 1 saturated heterocycles. The average Bonchev–Trinajstić information content (AvgIpc) is 3.39. The molecular formula is C18H26N2. The second kappa shape index (κ2) is 5.07. The zero-order chi connectivity index (χ0) is 13.4. The molecule has 0 spiro atoms. The lowest BCUT2D eigenvalue weighted by atomic mass is 10.0. The Labute approximate surface area is 122 Å². The van der Waals surface area contributed by atoms with E-state index in [0.29, 0.717) is 0 Å². The summed E-state index contributed by atoms with van der Waals surface area (Å²) >= 11 is 0. The molecule has 2 heteroatoms. The van der Waals surface area contributed by atoms with Crippen LogP contribution >= 0.6 is 0 Å². The Morgan fingerprint density at radius 1 is 1.05 bits per heavy atom. The van der Waals surface area contributed by atoms with Crippen LogP contribution in [0.2, 0.25) is 0 Å². The molecule has 0 amide bonds. The topological polar surface area (TPSA) is 15.3 Å². The molecule has 1 aliphatic heterocycles. The largest absolute Gasteiger partial charge is 0.372 e. The summed E-state index contributed by atoms with van der Waals surface area (Å²) in [5.74, 6) is 1.06. The fourth-order valence-electron chi connectivity index (χ4n) is 3.84. The summed E-state index contributed by atoms with van der Waals surface area (Å²) < 4.78 is 0. The number of nitrogens with zero attached hydrogens (tertiary/aromatic N) is 1. The van der Waals surface area contributed by atoms with Gasteiger partial charge in [0.25, 0.3) is 0 Å². The minimum absolute atomic E-state index is 0.718. The second-order valence-corrected chi connectivity index (χ2v) is 7.10. The molecular weight excluding hydrogens is 244 g/mol. The highest BCUT2D eigenvalue weighted by atomic mass is 15.1. The highest BCUT2D eigenvalue weighted by Gasteiger charge is 2.53. The summed E-state index contributed by atoms with van der Waals surface area (Å²) in [7, 11) is 0. The number of benzene rings is 1. The molecule has 108 valence electrons. The molecule has 2 aliphatic carbocycles. The predicted molar refractivity (Wildman–Crippen MR) is 84.0 cm³/mol. The molecule has 20 heavy (non-hydrogen) atoms. The van der Waals surface area contributed by atoms with Crippen LogP contribution in [0.1, 0.15) is 44.1 Å². The van der Waals surface area contributed by atoms with Crippen molar-refractivity contribution in [2.24, 2.45) is 11.3 Å². The Morgan fingerprint density at radius 2 is 1.75 bits per heavy atom. The lowest BCUT2D eigenvalue weighted by molar-refractivity contribution is 0.403. The van der Waals surface area contributed by atoms with Crippen LogP contribution in [-0.2, 0) is 6.54 Å². The maximum absolute atomic E-state index is 3.70. The first kappa shape index (κ1) is 12.7. The first-order valence-electron chi connectivity index (χ1n) is 8.40. The van der Waals surface area contributed by atoms with Gasteiger partial charge in [0.05, 0.1) is 0 Å². The SMILES string of the molecule is c1cc(N2CCCC2)ccc1CNCC1(C2CC2)CC1. The van der Waals surface area contributed by atoms with Gasteiger partial charge in [0.1, 0.15) is 0 Å². The summed E-state index contributed by atoms with van der Waals surface area (Å²) in [4.78, 5) is 2.50. The average molecular weight is 270 g/mol. The van der Waals surface area contributed by atoms with Crippen LogP contribution in [0.25, 0.3) is 0 Å². The first-order chi connectivity index (χ1) is 9.86. The lowest BCUT2D eigenvalue weighted by Gasteiger charge is -2.18. The van der Waals surface area contributed by atoms with Crippen LogP contribution in [0.5, 0.6) is 0 Å². The van der Waals surface area contributed by atoms with Crippen LogP contribution < -0.4 is 10.2 Å². The van der Waals surface area contributed by atoms with E-state index in [1.165, 1.54) is 69.4 Å². The molecule has 1 aromatic carbocycles. The third-order valence-electron chi connectivity index (χ3n) is 5.55. The third kappa shape index (κ3) is 2.58. The molecule has 3 fully saturated rings. The maximum atomic E-state index is 3.70.